The molecule has 2 unspecified atom stereocenters. The first kappa shape index (κ1) is 29.3. The standard InChI is InChI=1S/C19H31N5O9/c1-12(26)23-13(8-16(28)29)19(33)22-10-15(27)24-14(9-17(30)31)18(32)21-7-5-3-2-4-6-20-11-25/h11,13-14H,2-10H2,1H3,(H,20,25)(H,21,32)(H,22,33)(H,23,26)(H,24,27)(H,28,29)(H,30,31). The van der Waals surface area contributed by atoms with Crippen molar-refractivity contribution in [3.05, 3.63) is 0 Å². The summed E-state index contributed by atoms with van der Waals surface area (Å²) in [6, 6.07) is -2.78. The van der Waals surface area contributed by atoms with Gasteiger partial charge in [-0.05, 0) is 12.8 Å². The van der Waals surface area contributed by atoms with Crippen molar-refractivity contribution in [1.29, 1.82) is 0 Å². The number of carbonyl (C=O) groups is 7. The third kappa shape index (κ3) is 15.7. The van der Waals surface area contributed by atoms with Crippen molar-refractivity contribution in [3.63, 3.8) is 0 Å². The number of carbonyl (C=O) groups excluding carboxylic acids is 5. The minimum absolute atomic E-state index is 0.260. The Balaban J connectivity index is 4.58. The molecule has 0 fully saturated rings. The number of rotatable bonds is 18. The monoisotopic (exact) mass is 473 g/mol. The van der Waals surface area contributed by atoms with Crippen LogP contribution in [-0.2, 0) is 33.6 Å². The molecule has 33 heavy (non-hydrogen) atoms. The van der Waals surface area contributed by atoms with Gasteiger partial charge in [-0.25, -0.2) is 0 Å². The first-order valence-corrected chi connectivity index (χ1v) is 10.3. The highest BCUT2D eigenvalue weighted by molar-refractivity contribution is 5.94. The molecular formula is C19H31N5O9. The van der Waals surface area contributed by atoms with E-state index in [9.17, 15) is 33.6 Å². The zero-order chi connectivity index (χ0) is 25.2. The van der Waals surface area contributed by atoms with E-state index >= 15 is 0 Å². The van der Waals surface area contributed by atoms with E-state index in [-0.39, 0.29) is 6.54 Å². The fourth-order valence-corrected chi connectivity index (χ4v) is 2.65. The van der Waals surface area contributed by atoms with E-state index in [1.54, 1.807) is 0 Å². The highest BCUT2D eigenvalue weighted by Gasteiger charge is 2.25. The molecule has 0 spiro atoms. The molecule has 0 aromatic heterocycles. The Morgan fingerprint density at radius 3 is 1.79 bits per heavy atom. The van der Waals surface area contributed by atoms with Crippen LogP contribution in [0.4, 0.5) is 0 Å². The van der Waals surface area contributed by atoms with Gasteiger partial charge < -0.3 is 36.8 Å². The Hall–Kier alpha value is -3.71. The molecule has 0 aliphatic rings. The zero-order valence-corrected chi connectivity index (χ0v) is 18.3. The SMILES string of the molecule is CC(=O)NC(CC(=O)O)C(=O)NCC(=O)NC(CC(=O)O)C(=O)NCCCCCCNC=O. The number of unbranched alkanes of at least 4 members (excludes halogenated alkanes) is 3. The van der Waals surface area contributed by atoms with Crippen molar-refractivity contribution < 1.29 is 43.8 Å². The second-order valence-corrected chi connectivity index (χ2v) is 7.06. The third-order valence-corrected chi connectivity index (χ3v) is 4.16. The molecule has 14 nitrogen and oxygen atoms in total. The smallest absolute Gasteiger partial charge is 0.305 e. The number of amides is 5. The molecule has 2 atom stereocenters. The normalized spacial score (nSPS) is 11.9. The van der Waals surface area contributed by atoms with Crippen molar-refractivity contribution in [2.24, 2.45) is 0 Å². The van der Waals surface area contributed by atoms with E-state index in [0.29, 0.717) is 19.4 Å². The van der Waals surface area contributed by atoms with Crippen LogP contribution in [0.2, 0.25) is 0 Å². The number of nitrogens with one attached hydrogen (secondary N) is 5. The number of hydrogen-bond acceptors (Lipinski definition) is 7. The van der Waals surface area contributed by atoms with E-state index in [0.717, 1.165) is 26.2 Å². The lowest BCUT2D eigenvalue weighted by Gasteiger charge is -2.18. The molecular weight excluding hydrogens is 442 g/mol. The summed E-state index contributed by atoms with van der Waals surface area (Å²) in [6.07, 6.45) is 2.22. The van der Waals surface area contributed by atoms with Gasteiger partial charge in [-0.1, -0.05) is 12.8 Å². The third-order valence-electron chi connectivity index (χ3n) is 4.16. The molecule has 0 aliphatic heterocycles. The van der Waals surface area contributed by atoms with Crippen LogP contribution < -0.4 is 26.6 Å². The van der Waals surface area contributed by atoms with Gasteiger partial charge in [0.2, 0.25) is 30.0 Å². The van der Waals surface area contributed by atoms with Gasteiger partial charge in [0.25, 0.3) is 0 Å². The molecule has 0 rings (SSSR count). The quantitative estimate of drug-likeness (QED) is 0.0822. The first-order chi connectivity index (χ1) is 15.6. The summed E-state index contributed by atoms with van der Waals surface area (Å²) in [6.45, 7) is 1.25. The van der Waals surface area contributed by atoms with Gasteiger partial charge in [0.05, 0.1) is 19.4 Å². The second-order valence-electron chi connectivity index (χ2n) is 7.06. The maximum absolute atomic E-state index is 12.2. The fraction of sp³-hybridized carbons (Fsp3) is 0.632. The summed E-state index contributed by atoms with van der Waals surface area (Å²) in [7, 11) is 0. The molecule has 0 radical (unpaired) electrons. The summed E-state index contributed by atoms with van der Waals surface area (Å²) in [5.41, 5.74) is 0. The summed E-state index contributed by atoms with van der Waals surface area (Å²) in [5, 5.41) is 29.4. The van der Waals surface area contributed by atoms with Crippen LogP contribution in [0, 0.1) is 0 Å². The van der Waals surface area contributed by atoms with Crippen LogP contribution >= 0.6 is 0 Å². The van der Waals surface area contributed by atoms with E-state index in [1.807, 2.05) is 0 Å². The van der Waals surface area contributed by atoms with Gasteiger partial charge in [-0.3, -0.25) is 33.6 Å². The van der Waals surface area contributed by atoms with Crippen molar-refractivity contribution in [3.8, 4) is 0 Å². The number of hydrogen-bond donors (Lipinski definition) is 7. The lowest BCUT2D eigenvalue weighted by atomic mass is 10.1. The van der Waals surface area contributed by atoms with Crippen LogP contribution in [0.3, 0.4) is 0 Å². The topological polar surface area (TPSA) is 220 Å². The molecule has 0 aromatic carbocycles. The molecule has 0 saturated heterocycles. The summed E-state index contributed by atoms with van der Waals surface area (Å²) >= 11 is 0. The van der Waals surface area contributed by atoms with E-state index in [2.05, 4.69) is 26.6 Å². The molecule has 7 N–H and O–H groups in total. The Morgan fingerprint density at radius 2 is 1.27 bits per heavy atom. The minimum Gasteiger partial charge on any atom is -0.481 e. The van der Waals surface area contributed by atoms with Crippen LogP contribution in [0.5, 0.6) is 0 Å². The first-order valence-electron chi connectivity index (χ1n) is 10.3. The summed E-state index contributed by atoms with van der Waals surface area (Å²) in [4.78, 5) is 79.4. The summed E-state index contributed by atoms with van der Waals surface area (Å²) in [5.74, 6) is -5.81. The Kier molecular flexibility index (Phi) is 15.0. The highest BCUT2D eigenvalue weighted by atomic mass is 16.4. The van der Waals surface area contributed by atoms with E-state index < -0.39 is 67.0 Å². The largest absolute Gasteiger partial charge is 0.481 e. The van der Waals surface area contributed by atoms with Crippen molar-refractivity contribution in [1.82, 2.24) is 26.6 Å². The van der Waals surface area contributed by atoms with Gasteiger partial charge in [0, 0.05) is 20.0 Å². The van der Waals surface area contributed by atoms with Crippen molar-refractivity contribution in [2.45, 2.75) is 57.5 Å². The molecule has 0 saturated carbocycles. The number of carboxylic acid groups (broad SMARTS) is 2. The average Bonchev–Trinajstić information content (AvgIpc) is 2.71. The Morgan fingerprint density at radius 1 is 0.758 bits per heavy atom. The molecule has 0 heterocycles. The Labute approximate surface area is 190 Å². The van der Waals surface area contributed by atoms with E-state index in [1.165, 1.54) is 0 Å². The van der Waals surface area contributed by atoms with Crippen LogP contribution in [0.25, 0.3) is 0 Å². The molecule has 14 heteroatoms. The average molecular weight is 473 g/mol. The van der Waals surface area contributed by atoms with E-state index in [4.69, 9.17) is 10.2 Å². The molecule has 5 amide bonds. The highest BCUT2D eigenvalue weighted by Crippen LogP contribution is 1.99. The number of aliphatic carboxylic acids is 2. The molecule has 0 bridgehead atoms. The molecule has 0 aliphatic carbocycles. The van der Waals surface area contributed by atoms with Gasteiger partial charge >= 0.3 is 11.9 Å². The molecule has 186 valence electrons. The van der Waals surface area contributed by atoms with Crippen molar-refractivity contribution >= 4 is 42.0 Å². The van der Waals surface area contributed by atoms with Gasteiger partial charge in [0.1, 0.15) is 12.1 Å². The number of carboxylic acids is 2. The van der Waals surface area contributed by atoms with Crippen molar-refractivity contribution in [2.75, 3.05) is 19.6 Å². The van der Waals surface area contributed by atoms with Gasteiger partial charge in [0.15, 0.2) is 0 Å². The Bertz CT molecular complexity index is 698. The maximum atomic E-state index is 12.2. The predicted molar refractivity (Wildman–Crippen MR) is 113 cm³/mol. The second kappa shape index (κ2) is 16.9. The lowest BCUT2D eigenvalue weighted by molar-refractivity contribution is -0.140. The maximum Gasteiger partial charge on any atom is 0.305 e. The molecule has 0 aromatic rings. The fourth-order valence-electron chi connectivity index (χ4n) is 2.65. The minimum atomic E-state index is -1.40. The summed E-state index contributed by atoms with van der Waals surface area (Å²) < 4.78 is 0. The van der Waals surface area contributed by atoms with Crippen LogP contribution in [-0.4, -0.2) is 83.9 Å². The predicted octanol–water partition coefficient (Wildman–Crippen LogP) is -2.54. The van der Waals surface area contributed by atoms with Gasteiger partial charge in [-0.2, -0.15) is 0 Å². The lowest BCUT2D eigenvalue weighted by Crippen LogP contribution is -2.52. The van der Waals surface area contributed by atoms with Gasteiger partial charge in [-0.15, -0.1) is 0 Å². The van der Waals surface area contributed by atoms with Crippen LogP contribution in [0.1, 0.15) is 45.4 Å². The zero-order valence-electron chi connectivity index (χ0n) is 18.3. The van der Waals surface area contributed by atoms with Crippen LogP contribution in [0.15, 0.2) is 0 Å².